The number of aliphatic hydroxyl groups is 8. The minimum absolute atomic E-state index is 0.0142. The summed E-state index contributed by atoms with van der Waals surface area (Å²) in [5, 5.41) is 85.1. The number of hydrogen-bond donors (Lipinski definition) is 8. The first-order valence-electron chi connectivity index (χ1n) is 22.8. The van der Waals surface area contributed by atoms with Crippen molar-refractivity contribution in [3.63, 3.8) is 0 Å². The lowest BCUT2D eigenvalue weighted by atomic mass is 9.47. The molecule has 0 aromatic heterocycles. The highest BCUT2D eigenvalue weighted by Gasteiger charge is 2.69. The van der Waals surface area contributed by atoms with Crippen LogP contribution in [0.3, 0.4) is 0 Å². The van der Waals surface area contributed by atoms with Gasteiger partial charge in [-0.15, -0.1) is 0 Å². The van der Waals surface area contributed by atoms with Crippen molar-refractivity contribution < 1.29 is 78.7 Å². The predicted molar refractivity (Wildman–Crippen MR) is 208 cm³/mol. The van der Waals surface area contributed by atoms with Gasteiger partial charge in [-0.3, -0.25) is 0 Å². The third-order valence-electron chi connectivity index (χ3n) is 17.3. The summed E-state index contributed by atoms with van der Waals surface area (Å²) in [6.07, 6.45) is -9.25. The smallest absolute Gasteiger partial charge is 0.187 e. The maximum Gasteiger partial charge on any atom is 0.187 e. The standard InChI is InChI=1S/C44H70O16/c1-19-8-13-44(54-17-19)20(2)30-28(60-44)15-26-24-7-6-22-14-23(9-11-42(22,4)25(24)10-12-43(26,30)5)56-41-38(59-40-35(51)33(49)31(47)21(3)55-40)36(52)37(29(16-45)57-41)58-39-34(50)32(48)27(46)18-53-39/h6,19-21,23-41,45-52H,7-18H2,1-5H3/t19-,20+,21+,23+,24-,25+,26-,27+,28+,29-,30-,31+,32+,33-,34-,35-,36+,37-,38-,39+,40+,41-,42-,43-,44-/m1/s1. The highest BCUT2D eigenvalue weighted by atomic mass is 16.8. The zero-order valence-corrected chi connectivity index (χ0v) is 35.6. The van der Waals surface area contributed by atoms with Gasteiger partial charge in [0.25, 0.3) is 0 Å². The second-order valence-electron chi connectivity index (χ2n) is 20.6. The van der Waals surface area contributed by atoms with Crippen molar-refractivity contribution in [3.05, 3.63) is 11.6 Å². The molecule has 5 aliphatic heterocycles. The fourth-order valence-electron chi connectivity index (χ4n) is 13.7. The molecule has 1 spiro atoms. The van der Waals surface area contributed by atoms with E-state index in [1.165, 1.54) is 18.9 Å². The van der Waals surface area contributed by atoms with E-state index >= 15 is 0 Å². The van der Waals surface area contributed by atoms with Crippen molar-refractivity contribution in [2.24, 2.45) is 46.3 Å². The topological polar surface area (TPSA) is 236 Å². The third-order valence-corrected chi connectivity index (χ3v) is 17.3. The molecule has 3 saturated carbocycles. The number of rotatable bonds is 7. The van der Waals surface area contributed by atoms with Crippen LogP contribution in [0.4, 0.5) is 0 Å². The first-order valence-corrected chi connectivity index (χ1v) is 22.8. The van der Waals surface area contributed by atoms with Crippen LogP contribution in [0.25, 0.3) is 0 Å². The van der Waals surface area contributed by atoms with Crippen LogP contribution in [0, 0.1) is 46.3 Å². The molecule has 9 aliphatic rings. The Labute approximate surface area is 352 Å². The molecule has 0 aromatic rings. The van der Waals surface area contributed by atoms with E-state index in [9.17, 15) is 40.9 Å². The van der Waals surface area contributed by atoms with Gasteiger partial charge in [0, 0.05) is 12.3 Å². The largest absolute Gasteiger partial charge is 0.394 e. The van der Waals surface area contributed by atoms with E-state index in [1.54, 1.807) is 0 Å². The van der Waals surface area contributed by atoms with Crippen LogP contribution in [0.15, 0.2) is 11.6 Å². The van der Waals surface area contributed by atoms with Crippen molar-refractivity contribution in [2.45, 2.75) is 196 Å². The maximum atomic E-state index is 11.9. The van der Waals surface area contributed by atoms with Gasteiger partial charge in [0.15, 0.2) is 24.7 Å². The average Bonchev–Trinajstić information content (AvgIpc) is 3.68. The lowest BCUT2D eigenvalue weighted by molar-refractivity contribution is -0.385. The van der Waals surface area contributed by atoms with Crippen LogP contribution < -0.4 is 0 Å². The molecule has 9 rings (SSSR count). The van der Waals surface area contributed by atoms with E-state index in [2.05, 4.69) is 33.8 Å². The molecule has 5 saturated heterocycles. The van der Waals surface area contributed by atoms with Gasteiger partial charge in [-0.05, 0) is 98.7 Å². The third kappa shape index (κ3) is 7.19. The zero-order chi connectivity index (χ0) is 42.6. The second kappa shape index (κ2) is 16.5. The van der Waals surface area contributed by atoms with E-state index in [0.29, 0.717) is 48.3 Å². The molecule has 16 heteroatoms. The summed E-state index contributed by atoms with van der Waals surface area (Å²) in [6.45, 7) is 10.9. The Morgan fingerprint density at radius 2 is 1.48 bits per heavy atom. The summed E-state index contributed by atoms with van der Waals surface area (Å²) in [4.78, 5) is 0. The van der Waals surface area contributed by atoms with E-state index in [0.717, 1.165) is 45.1 Å². The summed E-state index contributed by atoms with van der Waals surface area (Å²) in [5.74, 6) is 2.65. The SMILES string of the molecule is C[C@@H]1CC[C@@]2(OC1)O[C@H]1C[C@@H]3[C@@H]4CC=C5C[C@@H](O[C@@H]6O[C@H](CO)[C@@H](O[C@@H]7OC[C@H](O)[C@H](O)[C@H]7O)[C@H](O)[C@H]6O[C@@H]6O[C@@H](C)[C@H](O)[C@@H](O)[C@H]6O)CC[C@@]5(C)[C@H]4CC[C@@]3(C)[C@@H]1[C@@H]2C. The summed E-state index contributed by atoms with van der Waals surface area (Å²) in [5.41, 5.74) is 1.54. The molecule has 60 heavy (non-hydrogen) atoms. The molecule has 5 heterocycles. The summed E-state index contributed by atoms with van der Waals surface area (Å²) in [6, 6.07) is 0. The minimum atomic E-state index is -1.70. The van der Waals surface area contributed by atoms with Gasteiger partial charge in [0.2, 0.25) is 0 Å². The minimum Gasteiger partial charge on any atom is -0.394 e. The number of allylic oxidation sites excluding steroid dienone is 1. The van der Waals surface area contributed by atoms with Crippen molar-refractivity contribution in [1.29, 1.82) is 0 Å². The maximum absolute atomic E-state index is 11.9. The van der Waals surface area contributed by atoms with Crippen LogP contribution in [0.1, 0.15) is 92.4 Å². The quantitative estimate of drug-likeness (QED) is 0.166. The highest BCUT2D eigenvalue weighted by molar-refractivity contribution is 5.26. The van der Waals surface area contributed by atoms with Crippen molar-refractivity contribution in [1.82, 2.24) is 0 Å². The van der Waals surface area contributed by atoms with Gasteiger partial charge in [0.1, 0.15) is 61.0 Å². The number of hydrogen-bond acceptors (Lipinski definition) is 16. The molecular weight excluding hydrogens is 784 g/mol. The predicted octanol–water partition coefficient (Wildman–Crippen LogP) is 0.853. The summed E-state index contributed by atoms with van der Waals surface area (Å²) in [7, 11) is 0. The fourth-order valence-corrected chi connectivity index (χ4v) is 13.7. The molecule has 8 fully saturated rings. The van der Waals surface area contributed by atoms with E-state index in [1.807, 2.05) is 0 Å². The van der Waals surface area contributed by atoms with Crippen molar-refractivity contribution >= 4 is 0 Å². The van der Waals surface area contributed by atoms with Gasteiger partial charge in [0.05, 0.1) is 38.1 Å². The molecule has 0 radical (unpaired) electrons. The molecule has 0 amide bonds. The molecule has 0 unspecified atom stereocenters. The first kappa shape index (κ1) is 44.3. The number of ether oxygens (including phenoxy) is 8. The van der Waals surface area contributed by atoms with Crippen LogP contribution in [0.2, 0.25) is 0 Å². The van der Waals surface area contributed by atoms with Crippen LogP contribution in [0.5, 0.6) is 0 Å². The van der Waals surface area contributed by atoms with Gasteiger partial charge >= 0.3 is 0 Å². The van der Waals surface area contributed by atoms with Gasteiger partial charge in [-0.1, -0.05) is 39.3 Å². The average molecular weight is 855 g/mol. The Morgan fingerprint density at radius 3 is 2.22 bits per heavy atom. The van der Waals surface area contributed by atoms with E-state index in [4.69, 9.17) is 37.9 Å². The van der Waals surface area contributed by atoms with Crippen molar-refractivity contribution in [2.75, 3.05) is 19.8 Å². The Morgan fingerprint density at radius 1 is 0.733 bits per heavy atom. The molecule has 0 aromatic carbocycles. The highest BCUT2D eigenvalue weighted by Crippen LogP contribution is 2.70. The second-order valence-corrected chi connectivity index (χ2v) is 20.6. The monoisotopic (exact) mass is 854 g/mol. The number of aliphatic hydroxyl groups excluding tert-OH is 8. The Bertz CT molecular complexity index is 1560. The van der Waals surface area contributed by atoms with Gasteiger partial charge < -0.3 is 78.7 Å². The molecular formula is C44H70O16. The summed E-state index contributed by atoms with van der Waals surface area (Å²) >= 11 is 0. The number of fused-ring (bicyclic) bond motifs is 7. The fraction of sp³-hybridized carbons (Fsp3) is 0.955. The Balaban J connectivity index is 0.913. The van der Waals surface area contributed by atoms with Gasteiger partial charge in [-0.25, -0.2) is 0 Å². The molecule has 0 bridgehead atoms. The molecule has 16 nitrogen and oxygen atoms in total. The van der Waals surface area contributed by atoms with Crippen molar-refractivity contribution in [3.8, 4) is 0 Å². The molecule has 342 valence electrons. The Kier molecular flexibility index (Phi) is 12.2. The summed E-state index contributed by atoms with van der Waals surface area (Å²) < 4.78 is 49.8. The first-order chi connectivity index (χ1) is 28.5. The molecule has 8 N–H and O–H groups in total. The van der Waals surface area contributed by atoms with Crippen LogP contribution in [-0.2, 0) is 37.9 Å². The molecule has 25 atom stereocenters. The lowest BCUT2D eigenvalue weighted by Crippen LogP contribution is -2.66. The normalized spacial score (nSPS) is 57.9. The molecule has 4 aliphatic carbocycles. The van der Waals surface area contributed by atoms with Gasteiger partial charge in [-0.2, -0.15) is 0 Å². The van der Waals surface area contributed by atoms with Crippen LogP contribution in [-0.4, -0.2) is 165 Å². The lowest BCUT2D eigenvalue weighted by Gasteiger charge is -2.58. The zero-order valence-electron chi connectivity index (χ0n) is 35.6. The van der Waals surface area contributed by atoms with Crippen LogP contribution >= 0.6 is 0 Å². The van der Waals surface area contributed by atoms with E-state index in [-0.39, 0.29) is 29.6 Å². The Hall–Kier alpha value is -0.900. The van der Waals surface area contributed by atoms with E-state index < -0.39 is 98.4 Å².